The molecule has 0 unspecified atom stereocenters. The van der Waals surface area contributed by atoms with Gasteiger partial charge in [-0.15, -0.1) is 0 Å². The number of benzene rings is 1. The van der Waals surface area contributed by atoms with E-state index >= 15 is 0 Å². The molecular formula is C10H6F7NO. The third kappa shape index (κ3) is 2.79. The molecule has 0 aliphatic carbocycles. The van der Waals surface area contributed by atoms with Crippen molar-refractivity contribution in [1.82, 2.24) is 0 Å². The SMILES string of the molecule is [2H]c1c([2H])c([2H])c(NC(=O)C(F)(F)C(F)(F)C(F)(F)F)c([2H])c1[2H]. The first kappa shape index (κ1) is 9.16. The van der Waals surface area contributed by atoms with Gasteiger partial charge in [-0.3, -0.25) is 4.79 Å². The molecule has 0 fully saturated rings. The number of carbonyl (C=O) groups is 1. The van der Waals surface area contributed by atoms with Crippen LogP contribution in [0.3, 0.4) is 0 Å². The molecule has 1 N–H and O–H groups in total. The maximum absolute atomic E-state index is 13.2. The van der Waals surface area contributed by atoms with E-state index < -0.39 is 59.8 Å². The zero-order valence-electron chi connectivity index (χ0n) is 13.6. The number of hydrogen-bond donors (Lipinski definition) is 1. The van der Waals surface area contributed by atoms with Gasteiger partial charge in [0, 0.05) is 5.69 Å². The lowest BCUT2D eigenvalue weighted by atomic mass is 10.1. The van der Waals surface area contributed by atoms with Crippen LogP contribution in [0, 0.1) is 0 Å². The summed E-state index contributed by atoms with van der Waals surface area (Å²) in [5, 5.41) is 0.839. The van der Waals surface area contributed by atoms with Crippen molar-refractivity contribution in [2.24, 2.45) is 0 Å². The van der Waals surface area contributed by atoms with E-state index in [4.69, 9.17) is 6.85 Å². The van der Waals surface area contributed by atoms with Crippen molar-refractivity contribution in [2.45, 2.75) is 18.0 Å². The Labute approximate surface area is 109 Å². The summed E-state index contributed by atoms with van der Waals surface area (Å²) in [4.78, 5) is 11.2. The smallest absolute Gasteiger partial charge is 0.321 e. The van der Waals surface area contributed by atoms with Gasteiger partial charge in [0.15, 0.2) is 0 Å². The Bertz CT molecular complexity index is 662. The molecule has 0 aromatic heterocycles. The number of amides is 1. The second-order valence-corrected chi connectivity index (χ2v) is 3.10. The molecule has 0 saturated carbocycles. The van der Waals surface area contributed by atoms with Crippen LogP contribution in [0.15, 0.2) is 30.2 Å². The zero-order chi connectivity index (χ0) is 19.2. The predicted octanol–water partition coefficient (Wildman–Crippen LogP) is 3.46. The molecule has 1 aromatic rings. The highest BCUT2D eigenvalue weighted by Gasteiger charge is 2.76. The summed E-state index contributed by atoms with van der Waals surface area (Å²) in [7, 11) is 0. The summed E-state index contributed by atoms with van der Waals surface area (Å²) < 4.78 is 124. The van der Waals surface area contributed by atoms with Crippen molar-refractivity contribution in [3.63, 3.8) is 0 Å². The Balaban J connectivity index is 3.36. The van der Waals surface area contributed by atoms with Crippen LogP contribution in [0.25, 0.3) is 0 Å². The van der Waals surface area contributed by atoms with Gasteiger partial charge >= 0.3 is 23.9 Å². The van der Waals surface area contributed by atoms with E-state index in [1.165, 1.54) is 0 Å². The first-order valence-electron chi connectivity index (χ1n) is 6.78. The van der Waals surface area contributed by atoms with Gasteiger partial charge in [-0.1, -0.05) is 18.1 Å². The van der Waals surface area contributed by atoms with Crippen LogP contribution >= 0.6 is 0 Å². The van der Waals surface area contributed by atoms with Crippen LogP contribution in [0.4, 0.5) is 36.4 Å². The minimum Gasteiger partial charge on any atom is -0.321 e. The Morgan fingerprint density at radius 3 is 1.89 bits per heavy atom. The fraction of sp³-hybridized carbons (Fsp3) is 0.300. The Hall–Kier alpha value is -1.80. The van der Waals surface area contributed by atoms with Gasteiger partial charge in [0.25, 0.3) is 0 Å². The van der Waals surface area contributed by atoms with Gasteiger partial charge in [-0.05, 0) is 12.1 Å². The van der Waals surface area contributed by atoms with Crippen molar-refractivity contribution in [2.75, 3.05) is 5.32 Å². The van der Waals surface area contributed by atoms with E-state index in [-0.39, 0.29) is 0 Å². The van der Waals surface area contributed by atoms with Crippen molar-refractivity contribution in [1.29, 1.82) is 0 Å². The number of anilines is 1. The largest absolute Gasteiger partial charge is 0.460 e. The van der Waals surface area contributed by atoms with E-state index in [1.54, 1.807) is 0 Å². The zero-order valence-corrected chi connectivity index (χ0v) is 8.55. The molecule has 106 valence electrons. The Kier molecular flexibility index (Phi) is 2.27. The maximum Gasteiger partial charge on any atom is 0.460 e. The van der Waals surface area contributed by atoms with Crippen molar-refractivity contribution >= 4 is 11.6 Å². The summed E-state index contributed by atoms with van der Waals surface area (Å²) in [6, 6.07) is -5.74. The summed E-state index contributed by atoms with van der Waals surface area (Å²) >= 11 is 0. The van der Waals surface area contributed by atoms with E-state index in [9.17, 15) is 35.5 Å². The fourth-order valence-electron chi connectivity index (χ4n) is 0.825. The predicted molar refractivity (Wildman–Crippen MR) is 51.0 cm³/mol. The molecule has 0 aliphatic heterocycles. The van der Waals surface area contributed by atoms with Crippen molar-refractivity contribution in [3.05, 3.63) is 30.2 Å². The maximum atomic E-state index is 13.2. The summed E-state index contributed by atoms with van der Waals surface area (Å²) in [6.45, 7) is 0. The van der Waals surface area contributed by atoms with Gasteiger partial charge in [-0.2, -0.15) is 30.7 Å². The standard InChI is InChI=1S/C10H6F7NO/c11-8(12,9(13,14)10(15,16)17)7(19)18-6-4-2-1-3-5-6/h1-5H,(H,18,19)/i1D,2D,3D,4D,5D. The molecule has 1 aromatic carbocycles. The molecule has 0 radical (unpaired) electrons. The molecule has 1 rings (SSSR count). The molecule has 9 heteroatoms. The van der Waals surface area contributed by atoms with Crippen LogP contribution in [0.2, 0.25) is 0 Å². The second kappa shape index (κ2) is 4.71. The minimum absolute atomic E-state index is 0.839. The molecule has 19 heavy (non-hydrogen) atoms. The topological polar surface area (TPSA) is 29.1 Å². The van der Waals surface area contributed by atoms with E-state index in [1.807, 2.05) is 0 Å². The van der Waals surface area contributed by atoms with Crippen molar-refractivity contribution < 1.29 is 42.4 Å². The van der Waals surface area contributed by atoms with E-state index in [0.29, 0.717) is 0 Å². The lowest BCUT2D eigenvalue weighted by molar-refractivity contribution is -0.343. The second-order valence-electron chi connectivity index (χ2n) is 3.10. The van der Waals surface area contributed by atoms with Gasteiger partial charge in [0.05, 0.1) is 6.85 Å². The molecule has 0 atom stereocenters. The van der Waals surface area contributed by atoms with Gasteiger partial charge < -0.3 is 5.32 Å². The summed E-state index contributed by atoms with van der Waals surface area (Å²) in [5.41, 5.74) is -1.36. The highest BCUT2D eigenvalue weighted by molar-refractivity contribution is 5.96. The molecule has 0 saturated heterocycles. The van der Waals surface area contributed by atoms with E-state index in [2.05, 4.69) is 0 Å². The lowest BCUT2D eigenvalue weighted by Gasteiger charge is -2.27. The molecule has 0 heterocycles. The third-order valence-corrected chi connectivity index (χ3v) is 1.77. The molecule has 2 nitrogen and oxygen atoms in total. The molecule has 1 amide bonds. The lowest BCUT2D eigenvalue weighted by Crippen LogP contribution is -2.57. The summed E-state index contributed by atoms with van der Waals surface area (Å²) in [5.74, 6) is -16.2. The van der Waals surface area contributed by atoms with Crippen LogP contribution in [-0.4, -0.2) is 23.9 Å². The Morgan fingerprint density at radius 2 is 1.47 bits per heavy atom. The average Bonchev–Trinajstić information content (AvgIpc) is 2.45. The number of halogens is 7. The molecule has 0 spiro atoms. The number of rotatable bonds is 3. The first-order chi connectivity index (χ1) is 10.6. The van der Waals surface area contributed by atoms with Gasteiger partial charge in [0.2, 0.25) is 0 Å². The number of hydrogen-bond acceptors (Lipinski definition) is 1. The van der Waals surface area contributed by atoms with Crippen LogP contribution in [0.5, 0.6) is 0 Å². The monoisotopic (exact) mass is 294 g/mol. The average molecular weight is 294 g/mol. The normalized spacial score (nSPS) is 16.9. The number of alkyl halides is 7. The number of carbonyl (C=O) groups excluding carboxylic acids is 1. The van der Waals surface area contributed by atoms with Gasteiger partial charge in [-0.25, -0.2) is 0 Å². The third-order valence-electron chi connectivity index (χ3n) is 1.77. The van der Waals surface area contributed by atoms with Crippen molar-refractivity contribution in [3.8, 4) is 0 Å². The molecule has 0 bridgehead atoms. The van der Waals surface area contributed by atoms with Crippen LogP contribution in [0.1, 0.15) is 6.85 Å². The highest BCUT2D eigenvalue weighted by Crippen LogP contribution is 2.46. The van der Waals surface area contributed by atoms with Gasteiger partial charge in [0.1, 0.15) is 0 Å². The van der Waals surface area contributed by atoms with E-state index in [0.717, 1.165) is 5.32 Å². The minimum atomic E-state index is -6.76. The number of nitrogens with one attached hydrogen (secondary N) is 1. The van der Waals surface area contributed by atoms with Crippen LogP contribution < -0.4 is 5.32 Å². The highest BCUT2D eigenvalue weighted by atomic mass is 19.4. The first-order valence-corrected chi connectivity index (χ1v) is 4.28. The molecular weight excluding hydrogens is 283 g/mol. The Morgan fingerprint density at radius 1 is 1.00 bits per heavy atom. The molecule has 0 aliphatic rings. The van der Waals surface area contributed by atoms with Crippen LogP contribution in [-0.2, 0) is 4.79 Å². The quantitative estimate of drug-likeness (QED) is 0.850. The number of para-hydroxylation sites is 1. The fourth-order valence-corrected chi connectivity index (χ4v) is 0.825. The summed E-state index contributed by atoms with van der Waals surface area (Å²) in [6.07, 6.45) is -6.76.